The molecular formula is C25H29N3O3S. The summed E-state index contributed by atoms with van der Waals surface area (Å²) in [5.74, 6) is -0.221. The average molecular weight is 452 g/mol. The molecule has 1 amide bonds. The van der Waals surface area contributed by atoms with Crippen molar-refractivity contribution in [3.05, 3.63) is 95.6 Å². The molecule has 0 aromatic heterocycles. The van der Waals surface area contributed by atoms with E-state index < -0.39 is 10.0 Å². The Kier molecular flexibility index (Phi) is 7.45. The third-order valence-corrected chi connectivity index (χ3v) is 7.25. The number of nitrogens with zero attached hydrogens (tertiary/aromatic N) is 2. The number of aryl methyl sites for hydroxylation is 1. The summed E-state index contributed by atoms with van der Waals surface area (Å²) < 4.78 is 26.3. The summed E-state index contributed by atoms with van der Waals surface area (Å²) in [4.78, 5) is 15.0. The van der Waals surface area contributed by atoms with Crippen molar-refractivity contribution >= 4 is 21.6 Å². The third-order valence-electron chi connectivity index (χ3n) is 5.29. The second kappa shape index (κ2) is 10.1. The first-order chi connectivity index (χ1) is 15.2. The first-order valence-corrected chi connectivity index (χ1v) is 11.8. The van der Waals surface area contributed by atoms with Crippen LogP contribution in [0.2, 0.25) is 0 Å². The Labute approximate surface area is 190 Å². The summed E-state index contributed by atoms with van der Waals surface area (Å²) in [6.45, 7) is 1.87. The van der Waals surface area contributed by atoms with Crippen molar-refractivity contribution in [2.24, 2.45) is 0 Å². The molecule has 0 atom stereocenters. The second-order valence-corrected chi connectivity index (χ2v) is 10.1. The molecule has 6 nitrogen and oxygen atoms in total. The quantitative estimate of drug-likeness (QED) is 0.564. The fourth-order valence-corrected chi connectivity index (χ4v) is 4.79. The molecule has 1 N–H and O–H groups in total. The molecule has 0 aliphatic heterocycles. The smallest absolute Gasteiger partial charge is 0.242 e. The zero-order valence-corrected chi connectivity index (χ0v) is 19.6. The van der Waals surface area contributed by atoms with Crippen LogP contribution in [0.5, 0.6) is 0 Å². The molecule has 0 unspecified atom stereocenters. The minimum Gasteiger partial charge on any atom is -0.325 e. The number of hydrogen-bond acceptors (Lipinski definition) is 4. The second-order valence-electron chi connectivity index (χ2n) is 7.95. The van der Waals surface area contributed by atoms with Gasteiger partial charge < -0.3 is 5.32 Å². The molecule has 0 saturated heterocycles. The highest BCUT2D eigenvalue weighted by atomic mass is 32.2. The predicted molar refractivity (Wildman–Crippen MR) is 128 cm³/mol. The van der Waals surface area contributed by atoms with Crippen LogP contribution < -0.4 is 5.32 Å². The number of rotatable bonds is 8. The summed E-state index contributed by atoms with van der Waals surface area (Å²) in [7, 11) is 1.28. The lowest BCUT2D eigenvalue weighted by atomic mass is 9.97. The molecular weight excluding hydrogens is 422 g/mol. The van der Waals surface area contributed by atoms with Gasteiger partial charge in [-0.1, -0.05) is 66.7 Å². The molecule has 32 heavy (non-hydrogen) atoms. The van der Waals surface area contributed by atoms with E-state index in [2.05, 4.69) is 5.32 Å². The van der Waals surface area contributed by atoms with Crippen LogP contribution in [0.15, 0.2) is 83.8 Å². The third kappa shape index (κ3) is 5.43. The molecule has 0 fully saturated rings. The summed E-state index contributed by atoms with van der Waals surface area (Å²) in [6.07, 6.45) is 0. The fraction of sp³-hybridized carbons (Fsp3) is 0.240. The van der Waals surface area contributed by atoms with Gasteiger partial charge in [-0.25, -0.2) is 12.7 Å². The van der Waals surface area contributed by atoms with Crippen molar-refractivity contribution in [3.63, 3.8) is 0 Å². The summed E-state index contributed by atoms with van der Waals surface area (Å²) in [5, 5.41) is 2.85. The van der Waals surface area contributed by atoms with E-state index in [-0.39, 0.29) is 23.4 Å². The monoisotopic (exact) mass is 451 g/mol. The van der Waals surface area contributed by atoms with Gasteiger partial charge in [-0.15, -0.1) is 0 Å². The van der Waals surface area contributed by atoms with E-state index in [1.807, 2.05) is 72.6 Å². The molecule has 0 aliphatic rings. The SMILES string of the molecule is Cc1ccc(NC(=O)CN(C)C(c2ccccc2)c2ccccc2)cc1S(=O)(=O)N(C)C. The van der Waals surface area contributed by atoms with Gasteiger partial charge in [0.2, 0.25) is 15.9 Å². The maximum atomic E-state index is 12.9. The highest BCUT2D eigenvalue weighted by Crippen LogP contribution is 2.27. The van der Waals surface area contributed by atoms with Crippen LogP contribution in [0.25, 0.3) is 0 Å². The van der Waals surface area contributed by atoms with E-state index in [1.165, 1.54) is 24.5 Å². The van der Waals surface area contributed by atoms with Crippen molar-refractivity contribution in [1.82, 2.24) is 9.21 Å². The summed E-state index contributed by atoms with van der Waals surface area (Å²) >= 11 is 0. The Morgan fingerprint density at radius 1 is 0.875 bits per heavy atom. The Bertz CT molecular complexity index is 1120. The Morgan fingerprint density at radius 2 is 1.41 bits per heavy atom. The Morgan fingerprint density at radius 3 is 1.91 bits per heavy atom. The van der Waals surface area contributed by atoms with Crippen molar-refractivity contribution in [2.45, 2.75) is 17.9 Å². The van der Waals surface area contributed by atoms with E-state index in [4.69, 9.17) is 0 Å². The molecule has 3 aromatic carbocycles. The Hall–Kier alpha value is -3.00. The van der Waals surface area contributed by atoms with Gasteiger partial charge >= 0.3 is 0 Å². The average Bonchev–Trinajstić information content (AvgIpc) is 2.76. The normalized spacial score (nSPS) is 11.8. The lowest BCUT2D eigenvalue weighted by molar-refractivity contribution is -0.117. The van der Waals surface area contributed by atoms with Gasteiger partial charge in [-0.3, -0.25) is 9.69 Å². The lowest BCUT2D eigenvalue weighted by Gasteiger charge is -2.28. The van der Waals surface area contributed by atoms with E-state index >= 15 is 0 Å². The molecule has 0 spiro atoms. The number of likely N-dealkylation sites (N-methyl/N-ethyl adjacent to an activating group) is 1. The molecule has 3 rings (SSSR count). The fourth-order valence-electron chi connectivity index (χ4n) is 3.64. The highest BCUT2D eigenvalue weighted by Gasteiger charge is 2.23. The number of anilines is 1. The van der Waals surface area contributed by atoms with Crippen LogP contribution in [0, 0.1) is 6.92 Å². The Balaban J connectivity index is 1.81. The minimum absolute atomic E-state index is 0.0918. The van der Waals surface area contributed by atoms with Gasteiger partial charge in [-0.2, -0.15) is 0 Å². The molecule has 0 heterocycles. The number of nitrogens with one attached hydrogen (secondary N) is 1. The molecule has 0 radical (unpaired) electrons. The molecule has 7 heteroatoms. The molecule has 0 saturated carbocycles. The van der Waals surface area contributed by atoms with Crippen molar-refractivity contribution < 1.29 is 13.2 Å². The van der Waals surface area contributed by atoms with E-state index in [1.54, 1.807) is 19.1 Å². The highest BCUT2D eigenvalue weighted by molar-refractivity contribution is 7.89. The lowest BCUT2D eigenvalue weighted by Crippen LogP contribution is -2.34. The first kappa shape index (κ1) is 23.7. The minimum atomic E-state index is -3.60. The van der Waals surface area contributed by atoms with Crippen LogP contribution in [0.3, 0.4) is 0 Å². The van der Waals surface area contributed by atoms with E-state index in [9.17, 15) is 13.2 Å². The predicted octanol–water partition coefficient (Wildman–Crippen LogP) is 3.91. The molecule has 0 bridgehead atoms. The van der Waals surface area contributed by atoms with Crippen LogP contribution in [0.4, 0.5) is 5.69 Å². The summed E-state index contributed by atoms with van der Waals surface area (Å²) in [5.41, 5.74) is 3.25. The zero-order chi connectivity index (χ0) is 23.3. The van der Waals surface area contributed by atoms with Crippen molar-refractivity contribution in [2.75, 3.05) is 33.0 Å². The van der Waals surface area contributed by atoms with Gasteiger partial charge in [0, 0.05) is 19.8 Å². The van der Waals surface area contributed by atoms with E-state index in [0.717, 1.165) is 11.1 Å². The standard InChI is InChI=1S/C25H29N3O3S/c1-19-15-16-22(17-23(19)32(30,31)27(2)3)26-24(29)18-28(4)25(20-11-7-5-8-12-20)21-13-9-6-10-14-21/h5-17,25H,18H2,1-4H3,(H,26,29). The van der Waals surface area contributed by atoms with Gasteiger partial charge in [0.1, 0.15) is 0 Å². The maximum Gasteiger partial charge on any atom is 0.242 e. The van der Waals surface area contributed by atoms with Gasteiger partial charge in [0.25, 0.3) is 0 Å². The molecule has 168 valence electrons. The number of carbonyl (C=O) groups excluding carboxylic acids is 1. The van der Waals surface area contributed by atoms with Crippen LogP contribution in [0.1, 0.15) is 22.7 Å². The van der Waals surface area contributed by atoms with Crippen molar-refractivity contribution in [3.8, 4) is 0 Å². The number of hydrogen-bond donors (Lipinski definition) is 1. The zero-order valence-electron chi connectivity index (χ0n) is 18.8. The van der Waals surface area contributed by atoms with Gasteiger partial charge in [0.15, 0.2) is 0 Å². The van der Waals surface area contributed by atoms with Crippen LogP contribution in [-0.2, 0) is 14.8 Å². The van der Waals surface area contributed by atoms with Crippen LogP contribution >= 0.6 is 0 Å². The number of benzene rings is 3. The van der Waals surface area contributed by atoms with Crippen LogP contribution in [-0.4, -0.2) is 51.2 Å². The largest absolute Gasteiger partial charge is 0.325 e. The first-order valence-electron chi connectivity index (χ1n) is 10.3. The van der Waals surface area contributed by atoms with Gasteiger partial charge in [-0.05, 0) is 42.8 Å². The summed E-state index contributed by atoms with van der Waals surface area (Å²) in [6, 6.07) is 24.9. The maximum absolute atomic E-state index is 12.9. The van der Waals surface area contributed by atoms with Gasteiger partial charge in [0.05, 0.1) is 17.5 Å². The molecule has 0 aliphatic carbocycles. The van der Waals surface area contributed by atoms with E-state index in [0.29, 0.717) is 11.3 Å². The number of sulfonamides is 1. The molecule has 3 aromatic rings. The number of amides is 1. The topological polar surface area (TPSA) is 69.7 Å². The number of carbonyl (C=O) groups is 1. The van der Waals surface area contributed by atoms with Crippen molar-refractivity contribution in [1.29, 1.82) is 0 Å².